The fraction of sp³-hybridized carbons (Fsp3) is 0.417. The van der Waals surface area contributed by atoms with Gasteiger partial charge >= 0.3 is 5.97 Å². The number of benzene rings is 1. The molecular formula is C12H15NO5. The molecule has 0 radical (unpaired) electrons. The first kappa shape index (κ1) is 14.0. The van der Waals surface area contributed by atoms with Gasteiger partial charge in [-0.15, -0.1) is 0 Å². The van der Waals surface area contributed by atoms with Gasteiger partial charge in [0.25, 0.3) is 5.69 Å². The van der Waals surface area contributed by atoms with Crippen molar-refractivity contribution >= 4 is 11.7 Å². The molecule has 1 aromatic carbocycles. The average Bonchev–Trinajstić information content (AvgIpc) is 2.25. The zero-order chi connectivity index (χ0) is 13.9. The predicted molar refractivity (Wildman–Crippen MR) is 64.8 cm³/mol. The van der Waals surface area contributed by atoms with Crippen molar-refractivity contribution in [1.82, 2.24) is 0 Å². The molecular weight excluding hydrogens is 238 g/mol. The van der Waals surface area contributed by atoms with Gasteiger partial charge in [-0.3, -0.25) is 10.1 Å². The third kappa shape index (κ3) is 3.44. The van der Waals surface area contributed by atoms with Crippen LogP contribution in [0.3, 0.4) is 0 Å². The lowest BCUT2D eigenvalue weighted by Crippen LogP contribution is -2.24. The summed E-state index contributed by atoms with van der Waals surface area (Å²) in [7, 11) is 1.34. The summed E-state index contributed by atoms with van der Waals surface area (Å²) in [6.07, 6.45) is 0. The van der Waals surface area contributed by atoms with E-state index in [4.69, 9.17) is 9.47 Å². The standard InChI is InChI=1S/C12H15NO5/c1-12(2,3)18-11(14)9-6-5-8(13(15)16)7-10(9)17-4/h5-7H,1-4H3. The van der Waals surface area contributed by atoms with Gasteiger partial charge in [-0.25, -0.2) is 4.79 Å². The number of nitrogens with zero attached hydrogens (tertiary/aromatic N) is 1. The van der Waals surface area contributed by atoms with Gasteiger partial charge in [0.2, 0.25) is 0 Å². The van der Waals surface area contributed by atoms with Crippen LogP contribution in [0.1, 0.15) is 31.1 Å². The molecule has 0 saturated heterocycles. The highest BCUT2D eigenvalue weighted by atomic mass is 16.6. The van der Waals surface area contributed by atoms with Gasteiger partial charge < -0.3 is 9.47 Å². The smallest absolute Gasteiger partial charge is 0.342 e. The van der Waals surface area contributed by atoms with Gasteiger partial charge in [-0.05, 0) is 26.8 Å². The summed E-state index contributed by atoms with van der Waals surface area (Å²) < 4.78 is 10.1. The Kier molecular flexibility index (Phi) is 3.90. The normalized spacial score (nSPS) is 10.9. The highest BCUT2D eigenvalue weighted by molar-refractivity contribution is 5.93. The third-order valence-corrected chi connectivity index (χ3v) is 2.01. The topological polar surface area (TPSA) is 78.7 Å². The number of rotatable bonds is 3. The summed E-state index contributed by atoms with van der Waals surface area (Å²) in [6.45, 7) is 5.22. The average molecular weight is 253 g/mol. The van der Waals surface area contributed by atoms with Crippen LogP contribution in [-0.2, 0) is 4.74 Å². The van der Waals surface area contributed by atoms with Crippen molar-refractivity contribution in [3.63, 3.8) is 0 Å². The number of non-ortho nitro benzene ring substituents is 1. The summed E-state index contributed by atoms with van der Waals surface area (Å²) in [5.41, 5.74) is -0.610. The van der Waals surface area contributed by atoms with Crippen LogP contribution in [0, 0.1) is 10.1 Å². The minimum absolute atomic E-state index is 0.124. The number of carbonyl (C=O) groups is 1. The van der Waals surface area contributed by atoms with Crippen molar-refractivity contribution in [3.8, 4) is 5.75 Å². The molecule has 1 rings (SSSR count). The van der Waals surface area contributed by atoms with Crippen molar-refractivity contribution in [2.75, 3.05) is 7.11 Å². The number of ether oxygens (including phenoxy) is 2. The molecule has 0 unspecified atom stereocenters. The van der Waals surface area contributed by atoms with Crippen LogP contribution < -0.4 is 4.74 Å². The molecule has 6 heteroatoms. The quantitative estimate of drug-likeness (QED) is 0.470. The fourth-order valence-corrected chi connectivity index (χ4v) is 1.30. The van der Waals surface area contributed by atoms with Gasteiger partial charge in [0.05, 0.1) is 18.1 Å². The molecule has 0 amide bonds. The Bertz CT molecular complexity index is 476. The molecule has 6 nitrogen and oxygen atoms in total. The molecule has 1 aromatic rings. The Hall–Kier alpha value is -2.11. The van der Waals surface area contributed by atoms with Gasteiger partial charge in [-0.2, -0.15) is 0 Å². The summed E-state index contributed by atoms with van der Waals surface area (Å²) in [5, 5.41) is 10.6. The number of carbonyl (C=O) groups excluding carboxylic acids is 1. The molecule has 0 aliphatic heterocycles. The Morgan fingerprint density at radius 3 is 2.39 bits per heavy atom. The monoisotopic (exact) mass is 253 g/mol. The Morgan fingerprint density at radius 2 is 1.94 bits per heavy atom. The molecule has 0 spiro atoms. The first-order valence-corrected chi connectivity index (χ1v) is 5.30. The first-order valence-electron chi connectivity index (χ1n) is 5.30. The lowest BCUT2D eigenvalue weighted by Gasteiger charge is -2.20. The summed E-state index contributed by atoms with van der Waals surface area (Å²) in [4.78, 5) is 21.9. The second kappa shape index (κ2) is 5.03. The highest BCUT2D eigenvalue weighted by Gasteiger charge is 2.22. The lowest BCUT2D eigenvalue weighted by atomic mass is 10.1. The summed E-state index contributed by atoms with van der Waals surface area (Å²) in [6, 6.07) is 3.76. The van der Waals surface area contributed by atoms with Gasteiger partial charge in [-0.1, -0.05) is 0 Å². The fourth-order valence-electron chi connectivity index (χ4n) is 1.30. The lowest BCUT2D eigenvalue weighted by molar-refractivity contribution is -0.384. The number of hydrogen-bond acceptors (Lipinski definition) is 5. The van der Waals surface area contributed by atoms with Crippen LogP contribution in [-0.4, -0.2) is 23.6 Å². The molecule has 98 valence electrons. The van der Waals surface area contributed by atoms with Crippen LogP contribution in [0.4, 0.5) is 5.69 Å². The van der Waals surface area contributed by atoms with Crippen molar-refractivity contribution in [1.29, 1.82) is 0 Å². The van der Waals surface area contributed by atoms with Crippen molar-refractivity contribution < 1.29 is 19.2 Å². The molecule has 0 heterocycles. The minimum atomic E-state index is -0.635. The molecule has 0 aliphatic carbocycles. The van der Waals surface area contributed by atoms with E-state index in [9.17, 15) is 14.9 Å². The highest BCUT2D eigenvalue weighted by Crippen LogP contribution is 2.26. The molecule has 0 aromatic heterocycles. The number of esters is 1. The summed E-state index contributed by atoms with van der Waals surface area (Å²) >= 11 is 0. The zero-order valence-electron chi connectivity index (χ0n) is 10.7. The van der Waals surface area contributed by atoms with E-state index in [1.54, 1.807) is 20.8 Å². The SMILES string of the molecule is COc1cc([N+](=O)[O-])ccc1C(=O)OC(C)(C)C. The number of hydrogen-bond donors (Lipinski definition) is 0. The second-order valence-corrected chi connectivity index (χ2v) is 4.64. The van der Waals surface area contributed by atoms with Crippen LogP contribution in [0.15, 0.2) is 18.2 Å². The van der Waals surface area contributed by atoms with E-state index in [0.29, 0.717) is 0 Å². The molecule has 0 bridgehead atoms. The van der Waals surface area contributed by atoms with E-state index in [-0.39, 0.29) is 17.0 Å². The van der Waals surface area contributed by atoms with Crippen LogP contribution >= 0.6 is 0 Å². The number of nitro benzene ring substituents is 1. The molecule has 18 heavy (non-hydrogen) atoms. The van der Waals surface area contributed by atoms with E-state index < -0.39 is 16.5 Å². The van der Waals surface area contributed by atoms with Crippen molar-refractivity contribution in [2.24, 2.45) is 0 Å². The maximum atomic E-state index is 11.8. The van der Waals surface area contributed by atoms with E-state index in [1.807, 2.05) is 0 Å². The Balaban J connectivity index is 3.10. The van der Waals surface area contributed by atoms with Gasteiger partial charge in [0, 0.05) is 6.07 Å². The Morgan fingerprint density at radius 1 is 1.33 bits per heavy atom. The molecule has 0 N–H and O–H groups in total. The molecule has 0 fully saturated rings. The van der Waals surface area contributed by atoms with Gasteiger partial charge in [0.1, 0.15) is 16.9 Å². The van der Waals surface area contributed by atoms with Crippen LogP contribution in [0.25, 0.3) is 0 Å². The first-order chi connectivity index (χ1) is 8.24. The maximum Gasteiger partial charge on any atom is 0.342 e. The third-order valence-electron chi connectivity index (χ3n) is 2.01. The van der Waals surface area contributed by atoms with E-state index >= 15 is 0 Å². The zero-order valence-corrected chi connectivity index (χ0v) is 10.7. The van der Waals surface area contributed by atoms with Crippen molar-refractivity contribution in [2.45, 2.75) is 26.4 Å². The van der Waals surface area contributed by atoms with Crippen molar-refractivity contribution in [3.05, 3.63) is 33.9 Å². The van der Waals surface area contributed by atoms with Crippen LogP contribution in [0.5, 0.6) is 5.75 Å². The molecule has 0 aliphatic rings. The van der Waals surface area contributed by atoms with E-state index in [1.165, 1.54) is 25.3 Å². The predicted octanol–water partition coefficient (Wildman–Crippen LogP) is 2.56. The molecule has 0 saturated carbocycles. The van der Waals surface area contributed by atoms with Crippen LogP contribution in [0.2, 0.25) is 0 Å². The second-order valence-electron chi connectivity index (χ2n) is 4.64. The van der Waals surface area contributed by atoms with Gasteiger partial charge in [0.15, 0.2) is 0 Å². The molecule has 0 atom stereocenters. The maximum absolute atomic E-state index is 11.8. The van der Waals surface area contributed by atoms with E-state index in [0.717, 1.165) is 0 Å². The number of nitro groups is 1. The number of methoxy groups -OCH3 is 1. The summed E-state index contributed by atoms with van der Waals surface area (Å²) in [5.74, 6) is -0.451. The minimum Gasteiger partial charge on any atom is -0.496 e. The largest absolute Gasteiger partial charge is 0.496 e. The van der Waals surface area contributed by atoms with E-state index in [2.05, 4.69) is 0 Å². The Labute approximate surface area is 105 Å².